The standard InChI is InChI=1S/C56H37N3O/c1-2-18-39(19-3-1)59-55-42(25-14-26-47(55)54-46-24-7-11-30-53(46)60-56(54)59)38-17-12-15-36(33-38)37-16-13-20-40(34-37)57-51-29-10-6-23-45(51)48-35-41(31-32-52(48)57)58-49-27-8-4-21-43(49)44-22-5-9-28-50(44)58/h1-35,43,49H. The summed E-state index contributed by atoms with van der Waals surface area (Å²) in [5.74, 6) is 0.346. The van der Waals surface area contributed by atoms with Gasteiger partial charge in [-0.1, -0.05) is 146 Å². The number of allylic oxidation sites excluding steroid dienone is 2. The number of benzene rings is 8. The second-order valence-corrected chi connectivity index (χ2v) is 16.1. The van der Waals surface area contributed by atoms with E-state index in [0.717, 1.165) is 55.7 Å². The highest BCUT2D eigenvalue weighted by Gasteiger charge is 2.37. The molecule has 0 N–H and O–H groups in total. The molecule has 4 heterocycles. The Labute approximate surface area is 346 Å². The average molecular weight is 768 g/mol. The Morgan fingerprint density at radius 3 is 2.07 bits per heavy atom. The van der Waals surface area contributed by atoms with E-state index in [4.69, 9.17) is 4.42 Å². The molecule has 282 valence electrons. The monoisotopic (exact) mass is 767 g/mol. The van der Waals surface area contributed by atoms with Gasteiger partial charge in [-0.3, -0.25) is 4.57 Å². The van der Waals surface area contributed by atoms with E-state index >= 15 is 0 Å². The third-order valence-electron chi connectivity index (χ3n) is 12.8. The number of fused-ring (bicyclic) bond motifs is 11. The van der Waals surface area contributed by atoms with Gasteiger partial charge in [0.1, 0.15) is 5.58 Å². The van der Waals surface area contributed by atoms with Crippen molar-refractivity contribution in [3.05, 3.63) is 218 Å². The van der Waals surface area contributed by atoms with Crippen LogP contribution in [0, 0.1) is 0 Å². The summed E-state index contributed by atoms with van der Waals surface area (Å²) in [5, 5.41) is 5.95. The summed E-state index contributed by atoms with van der Waals surface area (Å²) in [6.45, 7) is 0. The molecule has 0 amide bonds. The molecule has 0 radical (unpaired) electrons. The number of hydrogen-bond acceptors (Lipinski definition) is 2. The Hall–Kier alpha value is -7.82. The van der Waals surface area contributed by atoms with Crippen LogP contribution in [0.15, 0.2) is 217 Å². The lowest BCUT2D eigenvalue weighted by Crippen LogP contribution is -2.28. The molecule has 2 atom stereocenters. The van der Waals surface area contributed by atoms with Gasteiger partial charge in [0.15, 0.2) is 0 Å². The fraction of sp³-hybridized carbons (Fsp3) is 0.0357. The Bertz CT molecular complexity index is 3580. The minimum absolute atomic E-state index is 0.256. The summed E-state index contributed by atoms with van der Waals surface area (Å²) < 4.78 is 11.4. The molecule has 0 spiro atoms. The lowest BCUT2D eigenvalue weighted by Gasteiger charge is -2.28. The Morgan fingerprint density at radius 1 is 0.433 bits per heavy atom. The number of furan rings is 1. The van der Waals surface area contributed by atoms with Crippen LogP contribution in [-0.2, 0) is 0 Å². The number of rotatable bonds is 5. The summed E-state index contributed by atoms with van der Waals surface area (Å²) in [4.78, 5) is 2.52. The van der Waals surface area contributed by atoms with E-state index in [0.29, 0.717) is 5.92 Å². The van der Waals surface area contributed by atoms with Crippen LogP contribution >= 0.6 is 0 Å². The molecule has 11 aromatic rings. The van der Waals surface area contributed by atoms with Crippen molar-refractivity contribution in [2.24, 2.45) is 0 Å². The van der Waals surface area contributed by atoms with E-state index in [1.54, 1.807) is 0 Å². The van der Waals surface area contributed by atoms with E-state index in [1.165, 1.54) is 49.7 Å². The highest BCUT2D eigenvalue weighted by atomic mass is 16.3. The molecule has 1 aliphatic carbocycles. The van der Waals surface area contributed by atoms with Crippen molar-refractivity contribution in [3.63, 3.8) is 0 Å². The van der Waals surface area contributed by atoms with Gasteiger partial charge >= 0.3 is 0 Å². The molecular weight excluding hydrogens is 731 g/mol. The van der Waals surface area contributed by atoms with Crippen LogP contribution in [0.2, 0.25) is 0 Å². The third kappa shape index (κ3) is 4.79. The predicted octanol–water partition coefficient (Wildman–Crippen LogP) is 14.7. The quantitative estimate of drug-likeness (QED) is 0.174. The van der Waals surface area contributed by atoms with Crippen LogP contribution < -0.4 is 4.90 Å². The lowest BCUT2D eigenvalue weighted by atomic mass is 9.91. The number of nitrogens with zero attached hydrogens (tertiary/aromatic N) is 3. The predicted molar refractivity (Wildman–Crippen MR) is 249 cm³/mol. The molecule has 0 bridgehead atoms. The number of para-hydroxylation sites is 5. The molecule has 2 aliphatic rings. The van der Waals surface area contributed by atoms with Crippen molar-refractivity contribution in [2.75, 3.05) is 4.90 Å². The van der Waals surface area contributed by atoms with Crippen molar-refractivity contribution in [1.29, 1.82) is 0 Å². The van der Waals surface area contributed by atoms with Crippen molar-refractivity contribution in [3.8, 4) is 33.6 Å². The molecule has 13 rings (SSSR count). The first-order valence-corrected chi connectivity index (χ1v) is 20.8. The minimum atomic E-state index is 0.256. The van der Waals surface area contributed by atoms with E-state index < -0.39 is 0 Å². The maximum Gasteiger partial charge on any atom is 0.213 e. The van der Waals surface area contributed by atoms with Crippen molar-refractivity contribution >= 4 is 66.2 Å². The molecular formula is C56H37N3O. The first-order valence-electron chi connectivity index (χ1n) is 20.8. The topological polar surface area (TPSA) is 26.2 Å². The van der Waals surface area contributed by atoms with E-state index in [2.05, 4.69) is 220 Å². The van der Waals surface area contributed by atoms with Gasteiger partial charge in [-0.2, -0.15) is 0 Å². The van der Waals surface area contributed by atoms with Gasteiger partial charge in [0, 0.05) is 55.8 Å². The highest BCUT2D eigenvalue weighted by Crippen LogP contribution is 2.49. The second-order valence-electron chi connectivity index (χ2n) is 16.1. The molecule has 8 aromatic carbocycles. The fourth-order valence-electron chi connectivity index (χ4n) is 10.3. The molecule has 1 aliphatic heterocycles. The van der Waals surface area contributed by atoms with Gasteiger partial charge in [0.25, 0.3) is 0 Å². The summed E-state index contributed by atoms with van der Waals surface area (Å²) in [5.41, 5.74) is 16.0. The summed E-state index contributed by atoms with van der Waals surface area (Å²) >= 11 is 0. The molecule has 4 nitrogen and oxygen atoms in total. The Morgan fingerprint density at radius 2 is 1.13 bits per heavy atom. The SMILES string of the molecule is C1=CC2c3ccccc3N(c3ccc4c(c3)c3ccccc3n4-c3cccc(-c4cccc(-c5cccc6c7c8ccccc8oc7n(-c7ccccc7)c56)c4)c3)C2C=C1. The van der Waals surface area contributed by atoms with Crippen LogP contribution in [0.1, 0.15) is 11.5 Å². The van der Waals surface area contributed by atoms with Gasteiger partial charge in [0.05, 0.1) is 28.0 Å². The Kier molecular flexibility index (Phi) is 7.10. The van der Waals surface area contributed by atoms with Gasteiger partial charge in [0.2, 0.25) is 5.71 Å². The van der Waals surface area contributed by atoms with Crippen molar-refractivity contribution < 1.29 is 4.42 Å². The van der Waals surface area contributed by atoms with Gasteiger partial charge in [-0.25, -0.2) is 0 Å². The molecule has 0 saturated heterocycles. The fourth-order valence-corrected chi connectivity index (χ4v) is 10.3. The smallest absolute Gasteiger partial charge is 0.213 e. The molecule has 60 heavy (non-hydrogen) atoms. The van der Waals surface area contributed by atoms with Crippen LogP contribution in [0.25, 0.3) is 88.4 Å². The first-order chi connectivity index (χ1) is 29.8. The van der Waals surface area contributed by atoms with Gasteiger partial charge in [-0.05, 0) is 89.0 Å². The highest BCUT2D eigenvalue weighted by molar-refractivity contribution is 6.22. The molecule has 3 aromatic heterocycles. The zero-order chi connectivity index (χ0) is 39.3. The van der Waals surface area contributed by atoms with Crippen LogP contribution in [-0.4, -0.2) is 15.2 Å². The zero-order valence-electron chi connectivity index (χ0n) is 32.6. The normalized spacial score (nSPS) is 15.8. The third-order valence-corrected chi connectivity index (χ3v) is 12.8. The van der Waals surface area contributed by atoms with Crippen molar-refractivity contribution in [2.45, 2.75) is 12.0 Å². The van der Waals surface area contributed by atoms with E-state index in [1.807, 2.05) is 6.07 Å². The minimum Gasteiger partial charge on any atom is -0.439 e. The molecule has 2 unspecified atom stereocenters. The second kappa shape index (κ2) is 12.8. The van der Waals surface area contributed by atoms with Crippen LogP contribution in [0.4, 0.5) is 11.4 Å². The van der Waals surface area contributed by atoms with Crippen LogP contribution in [0.3, 0.4) is 0 Å². The maximum atomic E-state index is 6.64. The average Bonchev–Trinajstić information content (AvgIpc) is 4.05. The maximum absolute atomic E-state index is 6.64. The van der Waals surface area contributed by atoms with Gasteiger partial charge < -0.3 is 13.9 Å². The molecule has 0 saturated carbocycles. The zero-order valence-corrected chi connectivity index (χ0v) is 32.6. The van der Waals surface area contributed by atoms with E-state index in [9.17, 15) is 0 Å². The van der Waals surface area contributed by atoms with E-state index in [-0.39, 0.29) is 6.04 Å². The summed E-state index contributed by atoms with van der Waals surface area (Å²) in [6.07, 6.45) is 9.07. The van der Waals surface area contributed by atoms with Gasteiger partial charge in [-0.15, -0.1) is 0 Å². The number of anilines is 2. The molecule has 4 heteroatoms. The number of hydrogen-bond donors (Lipinski definition) is 0. The van der Waals surface area contributed by atoms with Crippen molar-refractivity contribution in [1.82, 2.24) is 9.13 Å². The summed E-state index contributed by atoms with van der Waals surface area (Å²) in [6, 6.07) is 68.5. The largest absolute Gasteiger partial charge is 0.439 e. The van der Waals surface area contributed by atoms with Crippen LogP contribution in [0.5, 0.6) is 0 Å². The molecule has 0 fully saturated rings. The summed E-state index contributed by atoms with van der Waals surface area (Å²) in [7, 11) is 0. The Balaban J connectivity index is 0.942. The first kappa shape index (κ1) is 33.2. The lowest BCUT2D eigenvalue weighted by molar-refractivity contribution is 0.645. The number of aromatic nitrogens is 2.